The van der Waals surface area contributed by atoms with E-state index >= 15 is 0 Å². The minimum atomic E-state index is -3.75. The first-order valence-electron chi connectivity index (χ1n) is 5.13. The minimum Gasteiger partial charge on any atom is -0.492 e. The summed E-state index contributed by atoms with van der Waals surface area (Å²) in [6, 6.07) is 4.96. The van der Waals surface area contributed by atoms with Gasteiger partial charge in [-0.3, -0.25) is 0 Å². The van der Waals surface area contributed by atoms with E-state index in [1.165, 1.54) is 6.07 Å². The number of aryl methyl sites for hydroxylation is 1. The minimum absolute atomic E-state index is 0.0465. The Morgan fingerprint density at radius 1 is 1.38 bits per heavy atom. The van der Waals surface area contributed by atoms with Gasteiger partial charge in [0.25, 0.3) is 9.05 Å². The van der Waals surface area contributed by atoms with Gasteiger partial charge in [-0.1, -0.05) is 19.4 Å². The van der Waals surface area contributed by atoms with Crippen LogP contribution in [0, 0.1) is 6.92 Å². The first kappa shape index (κ1) is 13.3. The maximum Gasteiger partial charge on any atom is 0.264 e. The van der Waals surface area contributed by atoms with Crippen molar-refractivity contribution in [3.8, 4) is 5.75 Å². The molecule has 0 aliphatic rings. The van der Waals surface area contributed by atoms with Gasteiger partial charge >= 0.3 is 0 Å². The van der Waals surface area contributed by atoms with E-state index in [4.69, 9.17) is 15.4 Å². The fourth-order valence-corrected chi connectivity index (χ4v) is 2.31. The van der Waals surface area contributed by atoms with Gasteiger partial charge in [0.15, 0.2) is 0 Å². The molecule has 90 valence electrons. The third kappa shape index (κ3) is 3.68. The monoisotopic (exact) mass is 262 g/mol. The number of hydrogen-bond donors (Lipinski definition) is 0. The lowest BCUT2D eigenvalue weighted by Crippen LogP contribution is -2.02. The lowest BCUT2D eigenvalue weighted by Gasteiger charge is -2.09. The summed E-state index contributed by atoms with van der Waals surface area (Å²) in [7, 11) is 1.59. The number of ether oxygens (including phenoxy) is 1. The lowest BCUT2D eigenvalue weighted by molar-refractivity contribution is 0.301. The van der Waals surface area contributed by atoms with E-state index in [-0.39, 0.29) is 4.90 Å². The summed E-state index contributed by atoms with van der Waals surface area (Å²) >= 11 is 0. The van der Waals surface area contributed by atoms with Crippen molar-refractivity contribution in [3.05, 3.63) is 23.8 Å². The quantitative estimate of drug-likeness (QED) is 0.605. The molecule has 0 N–H and O–H groups in total. The molecule has 0 atom stereocenters. The molecule has 0 heterocycles. The summed E-state index contributed by atoms with van der Waals surface area (Å²) in [6.07, 6.45) is 1.88. The van der Waals surface area contributed by atoms with Crippen molar-refractivity contribution in [2.45, 2.75) is 31.6 Å². The fourth-order valence-electron chi connectivity index (χ4n) is 1.25. The molecule has 0 saturated carbocycles. The standard InChI is InChI=1S/C11H15ClO3S/c1-3-4-7-15-10-6-5-9(2)8-11(10)16(12,13)14/h5-6,8H,3-4,7H2,1-2H3. The van der Waals surface area contributed by atoms with Gasteiger partial charge in [0, 0.05) is 10.7 Å². The summed E-state index contributed by atoms with van der Waals surface area (Å²) in [4.78, 5) is 0.0465. The number of halogens is 1. The second-order valence-corrected chi connectivity index (χ2v) is 6.12. The largest absolute Gasteiger partial charge is 0.492 e. The number of rotatable bonds is 5. The summed E-state index contributed by atoms with van der Waals surface area (Å²) in [6.45, 7) is 4.35. The molecule has 0 aliphatic carbocycles. The molecular weight excluding hydrogens is 248 g/mol. The van der Waals surface area contributed by atoms with Crippen molar-refractivity contribution >= 4 is 19.7 Å². The topological polar surface area (TPSA) is 43.4 Å². The summed E-state index contributed by atoms with van der Waals surface area (Å²) in [5.41, 5.74) is 0.835. The van der Waals surface area contributed by atoms with Gasteiger partial charge in [0.2, 0.25) is 0 Å². The van der Waals surface area contributed by atoms with Crippen LogP contribution in [0.2, 0.25) is 0 Å². The molecule has 0 saturated heterocycles. The zero-order chi connectivity index (χ0) is 12.2. The van der Waals surface area contributed by atoms with Crippen LogP contribution in [0.3, 0.4) is 0 Å². The molecule has 1 rings (SSSR count). The predicted molar refractivity (Wildman–Crippen MR) is 64.6 cm³/mol. The van der Waals surface area contributed by atoms with Crippen molar-refractivity contribution in [2.75, 3.05) is 6.61 Å². The van der Waals surface area contributed by atoms with E-state index in [1.807, 2.05) is 6.92 Å². The highest BCUT2D eigenvalue weighted by Crippen LogP contribution is 2.28. The predicted octanol–water partition coefficient (Wildman–Crippen LogP) is 3.10. The first-order valence-corrected chi connectivity index (χ1v) is 7.44. The van der Waals surface area contributed by atoms with Crippen LogP contribution in [0.25, 0.3) is 0 Å². The maximum absolute atomic E-state index is 11.3. The highest BCUT2D eigenvalue weighted by Gasteiger charge is 2.16. The van der Waals surface area contributed by atoms with Crippen LogP contribution in [0.1, 0.15) is 25.3 Å². The normalized spacial score (nSPS) is 11.4. The second-order valence-electron chi connectivity index (χ2n) is 3.59. The molecule has 1 aromatic carbocycles. The van der Waals surface area contributed by atoms with Crippen molar-refractivity contribution < 1.29 is 13.2 Å². The summed E-state index contributed by atoms with van der Waals surface area (Å²) in [5.74, 6) is 0.328. The van der Waals surface area contributed by atoms with Crippen molar-refractivity contribution in [2.24, 2.45) is 0 Å². The third-order valence-electron chi connectivity index (χ3n) is 2.12. The third-order valence-corrected chi connectivity index (χ3v) is 3.46. The van der Waals surface area contributed by atoms with Crippen molar-refractivity contribution in [3.63, 3.8) is 0 Å². The fraction of sp³-hybridized carbons (Fsp3) is 0.455. The molecule has 0 unspecified atom stereocenters. The van der Waals surface area contributed by atoms with E-state index in [2.05, 4.69) is 0 Å². The molecule has 0 bridgehead atoms. The van der Waals surface area contributed by atoms with Crippen LogP contribution >= 0.6 is 10.7 Å². The van der Waals surface area contributed by atoms with Crippen LogP contribution in [0.15, 0.2) is 23.1 Å². The van der Waals surface area contributed by atoms with E-state index < -0.39 is 9.05 Å². The number of unbranched alkanes of at least 4 members (excludes halogenated alkanes) is 1. The van der Waals surface area contributed by atoms with Gasteiger partial charge < -0.3 is 4.74 Å². The van der Waals surface area contributed by atoms with Crippen LogP contribution < -0.4 is 4.74 Å². The maximum atomic E-state index is 11.3. The van der Waals surface area contributed by atoms with Gasteiger partial charge in [-0.2, -0.15) is 0 Å². The van der Waals surface area contributed by atoms with Gasteiger partial charge in [-0.05, 0) is 31.0 Å². The van der Waals surface area contributed by atoms with Gasteiger partial charge in [0.05, 0.1) is 6.61 Å². The highest BCUT2D eigenvalue weighted by molar-refractivity contribution is 8.13. The Kier molecular flexibility index (Phi) is 4.62. The Bertz CT molecular complexity index is 454. The smallest absolute Gasteiger partial charge is 0.264 e. The highest BCUT2D eigenvalue weighted by atomic mass is 35.7. The molecular formula is C11H15ClO3S. The van der Waals surface area contributed by atoms with E-state index in [1.54, 1.807) is 19.1 Å². The average molecular weight is 263 g/mol. The molecule has 16 heavy (non-hydrogen) atoms. The number of hydrogen-bond acceptors (Lipinski definition) is 3. The van der Waals surface area contributed by atoms with E-state index in [9.17, 15) is 8.42 Å². The summed E-state index contributed by atoms with van der Waals surface area (Å²) in [5, 5.41) is 0. The Hall–Kier alpha value is -0.740. The van der Waals surface area contributed by atoms with E-state index in [0.29, 0.717) is 12.4 Å². The van der Waals surface area contributed by atoms with Crippen LogP contribution in [-0.4, -0.2) is 15.0 Å². The van der Waals surface area contributed by atoms with Gasteiger partial charge in [-0.15, -0.1) is 0 Å². The van der Waals surface area contributed by atoms with Crippen molar-refractivity contribution in [1.82, 2.24) is 0 Å². The molecule has 0 fully saturated rings. The second kappa shape index (κ2) is 5.55. The summed E-state index contributed by atoms with van der Waals surface area (Å²) < 4.78 is 28.0. The van der Waals surface area contributed by atoms with Gasteiger partial charge in [-0.25, -0.2) is 8.42 Å². The molecule has 3 nitrogen and oxygen atoms in total. The first-order chi connectivity index (χ1) is 7.45. The Morgan fingerprint density at radius 3 is 2.62 bits per heavy atom. The average Bonchev–Trinajstić information content (AvgIpc) is 2.19. The van der Waals surface area contributed by atoms with Crippen LogP contribution in [-0.2, 0) is 9.05 Å². The lowest BCUT2D eigenvalue weighted by atomic mass is 10.2. The SMILES string of the molecule is CCCCOc1ccc(C)cc1S(=O)(=O)Cl. The van der Waals surface area contributed by atoms with Gasteiger partial charge in [0.1, 0.15) is 10.6 Å². The Morgan fingerprint density at radius 2 is 2.06 bits per heavy atom. The van der Waals surface area contributed by atoms with Crippen LogP contribution in [0.4, 0.5) is 0 Å². The Labute approximate surface area is 101 Å². The number of benzene rings is 1. The Balaban J connectivity index is 2.99. The molecule has 5 heteroatoms. The molecule has 0 amide bonds. The molecule has 1 aromatic rings. The zero-order valence-electron chi connectivity index (χ0n) is 9.36. The van der Waals surface area contributed by atoms with E-state index in [0.717, 1.165) is 18.4 Å². The molecule has 0 radical (unpaired) electrons. The molecule has 0 spiro atoms. The van der Waals surface area contributed by atoms with Crippen molar-refractivity contribution in [1.29, 1.82) is 0 Å². The molecule has 0 aromatic heterocycles. The van der Waals surface area contributed by atoms with Crippen LogP contribution in [0.5, 0.6) is 5.75 Å². The zero-order valence-corrected chi connectivity index (χ0v) is 10.9. The molecule has 0 aliphatic heterocycles.